The van der Waals surface area contributed by atoms with Gasteiger partial charge in [0.2, 0.25) is 5.95 Å². The number of pyridine rings is 1. The van der Waals surface area contributed by atoms with Crippen molar-refractivity contribution < 1.29 is 4.39 Å². The van der Waals surface area contributed by atoms with Gasteiger partial charge in [0.05, 0.1) is 0 Å². The zero-order chi connectivity index (χ0) is 6.69. The summed E-state index contributed by atoms with van der Waals surface area (Å²) in [4.78, 5) is 3.37. The van der Waals surface area contributed by atoms with Gasteiger partial charge in [0.15, 0.2) is 0 Å². The fourth-order valence-corrected chi connectivity index (χ4v) is 0.544. The minimum atomic E-state index is -0.465. The van der Waals surface area contributed by atoms with Gasteiger partial charge in [-0.1, -0.05) is 12.7 Å². The summed E-state index contributed by atoms with van der Waals surface area (Å²) in [6, 6.07) is 3.02. The summed E-state index contributed by atoms with van der Waals surface area (Å²) in [5, 5.41) is 0. The maximum atomic E-state index is 12.2. The maximum absolute atomic E-state index is 12.2. The van der Waals surface area contributed by atoms with Crippen molar-refractivity contribution >= 4 is 6.08 Å². The van der Waals surface area contributed by atoms with Crippen LogP contribution in [0.25, 0.3) is 6.08 Å². The molecule has 1 aromatic heterocycles. The SMILES string of the molecule is C=Cc1ccnc(F)c1. The van der Waals surface area contributed by atoms with Gasteiger partial charge in [-0.05, 0) is 11.6 Å². The van der Waals surface area contributed by atoms with Crippen molar-refractivity contribution in [3.05, 3.63) is 36.4 Å². The molecule has 0 atom stereocenters. The summed E-state index contributed by atoms with van der Waals surface area (Å²) >= 11 is 0. The van der Waals surface area contributed by atoms with Crippen LogP contribution < -0.4 is 0 Å². The van der Waals surface area contributed by atoms with Crippen molar-refractivity contribution in [2.45, 2.75) is 0 Å². The Morgan fingerprint density at radius 2 is 2.44 bits per heavy atom. The molecule has 9 heavy (non-hydrogen) atoms. The lowest BCUT2D eigenvalue weighted by Crippen LogP contribution is -1.80. The van der Waals surface area contributed by atoms with Gasteiger partial charge in [-0.2, -0.15) is 4.39 Å². The molecule has 0 bridgehead atoms. The van der Waals surface area contributed by atoms with Gasteiger partial charge in [0.1, 0.15) is 0 Å². The zero-order valence-electron chi connectivity index (χ0n) is 4.84. The van der Waals surface area contributed by atoms with E-state index in [4.69, 9.17) is 0 Å². The Bertz CT molecular complexity index is 220. The number of nitrogens with zero attached hydrogens (tertiary/aromatic N) is 1. The van der Waals surface area contributed by atoms with Gasteiger partial charge < -0.3 is 0 Å². The largest absolute Gasteiger partial charge is 0.228 e. The first-order valence-corrected chi connectivity index (χ1v) is 2.57. The van der Waals surface area contributed by atoms with Crippen LogP contribution in [0.15, 0.2) is 24.9 Å². The Kier molecular flexibility index (Phi) is 1.58. The molecule has 0 aromatic carbocycles. The van der Waals surface area contributed by atoms with Gasteiger partial charge >= 0.3 is 0 Å². The van der Waals surface area contributed by atoms with Gasteiger partial charge in [-0.25, -0.2) is 4.98 Å². The Labute approximate surface area is 52.9 Å². The molecule has 0 saturated carbocycles. The van der Waals surface area contributed by atoms with Crippen molar-refractivity contribution in [3.8, 4) is 0 Å². The number of hydrogen-bond acceptors (Lipinski definition) is 1. The van der Waals surface area contributed by atoms with Gasteiger partial charge in [0, 0.05) is 12.3 Å². The second kappa shape index (κ2) is 2.40. The van der Waals surface area contributed by atoms with E-state index in [1.807, 2.05) is 0 Å². The summed E-state index contributed by atoms with van der Waals surface area (Å²) in [6.45, 7) is 3.48. The minimum Gasteiger partial charge on any atom is -0.228 e. The van der Waals surface area contributed by atoms with Crippen molar-refractivity contribution in [2.75, 3.05) is 0 Å². The van der Waals surface area contributed by atoms with Crippen LogP contribution >= 0.6 is 0 Å². The lowest BCUT2D eigenvalue weighted by molar-refractivity contribution is 0.583. The number of halogens is 1. The average molecular weight is 123 g/mol. The van der Waals surface area contributed by atoms with Crippen molar-refractivity contribution in [1.29, 1.82) is 0 Å². The van der Waals surface area contributed by atoms with E-state index in [1.165, 1.54) is 12.3 Å². The van der Waals surface area contributed by atoms with E-state index in [2.05, 4.69) is 11.6 Å². The third-order valence-corrected chi connectivity index (χ3v) is 0.986. The fraction of sp³-hybridized carbons (Fsp3) is 0. The van der Waals surface area contributed by atoms with E-state index >= 15 is 0 Å². The molecule has 0 aliphatic heterocycles. The molecular formula is C7H6FN. The first kappa shape index (κ1) is 5.95. The molecule has 1 rings (SSSR count). The quantitative estimate of drug-likeness (QED) is 0.519. The van der Waals surface area contributed by atoms with E-state index in [0.29, 0.717) is 0 Å². The normalized spacial score (nSPS) is 9.00. The molecule has 0 spiro atoms. The fourth-order valence-electron chi connectivity index (χ4n) is 0.544. The molecule has 0 saturated heterocycles. The van der Waals surface area contributed by atoms with Crippen LogP contribution in [-0.4, -0.2) is 4.98 Å². The molecule has 1 heterocycles. The smallest absolute Gasteiger partial charge is 0.213 e. The monoisotopic (exact) mass is 123 g/mol. The molecule has 1 nitrogen and oxygen atoms in total. The summed E-state index contributed by atoms with van der Waals surface area (Å²) in [5.41, 5.74) is 0.752. The summed E-state index contributed by atoms with van der Waals surface area (Å²) in [6.07, 6.45) is 2.98. The molecular weight excluding hydrogens is 117 g/mol. The molecule has 0 unspecified atom stereocenters. The van der Waals surface area contributed by atoms with Crippen LogP contribution in [0.5, 0.6) is 0 Å². The van der Waals surface area contributed by atoms with E-state index in [0.717, 1.165) is 5.56 Å². The molecule has 0 aliphatic rings. The van der Waals surface area contributed by atoms with Crippen molar-refractivity contribution in [1.82, 2.24) is 4.98 Å². The van der Waals surface area contributed by atoms with Crippen LogP contribution in [0.3, 0.4) is 0 Å². The van der Waals surface area contributed by atoms with Crippen molar-refractivity contribution in [3.63, 3.8) is 0 Å². The van der Waals surface area contributed by atoms with Crippen LogP contribution in [0.1, 0.15) is 5.56 Å². The zero-order valence-corrected chi connectivity index (χ0v) is 4.84. The van der Waals surface area contributed by atoms with E-state index in [-0.39, 0.29) is 0 Å². The molecule has 0 radical (unpaired) electrons. The third kappa shape index (κ3) is 1.35. The highest BCUT2D eigenvalue weighted by atomic mass is 19.1. The topological polar surface area (TPSA) is 12.9 Å². The average Bonchev–Trinajstić information content (AvgIpc) is 1.88. The standard InChI is InChI=1S/C7H6FN/c1-2-6-3-4-9-7(8)5-6/h2-5H,1H2. The second-order valence-corrected chi connectivity index (χ2v) is 1.62. The summed E-state index contributed by atoms with van der Waals surface area (Å²) in [7, 11) is 0. The number of hydrogen-bond donors (Lipinski definition) is 0. The van der Waals surface area contributed by atoms with Crippen LogP contribution in [-0.2, 0) is 0 Å². The predicted octanol–water partition coefficient (Wildman–Crippen LogP) is 1.86. The van der Waals surface area contributed by atoms with Gasteiger partial charge in [-0.15, -0.1) is 0 Å². The predicted molar refractivity (Wildman–Crippen MR) is 34.3 cm³/mol. The summed E-state index contributed by atoms with van der Waals surface area (Å²) in [5.74, 6) is -0.465. The molecule has 0 N–H and O–H groups in total. The highest BCUT2D eigenvalue weighted by molar-refractivity contribution is 5.45. The molecule has 2 heteroatoms. The molecule has 0 amide bonds. The van der Waals surface area contributed by atoms with E-state index in [9.17, 15) is 4.39 Å². The molecule has 0 aliphatic carbocycles. The maximum Gasteiger partial charge on any atom is 0.213 e. The van der Waals surface area contributed by atoms with E-state index in [1.54, 1.807) is 12.1 Å². The molecule has 0 fully saturated rings. The lowest BCUT2D eigenvalue weighted by Gasteiger charge is -1.88. The molecule has 46 valence electrons. The Morgan fingerprint density at radius 3 is 2.89 bits per heavy atom. The first-order chi connectivity index (χ1) is 4.33. The Hall–Kier alpha value is -1.18. The van der Waals surface area contributed by atoms with Crippen LogP contribution in [0.4, 0.5) is 4.39 Å². The number of rotatable bonds is 1. The highest BCUT2D eigenvalue weighted by Crippen LogP contribution is 1.99. The molecule has 1 aromatic rings. The minimum absolute atomic E-state index is 0.465. The van der Waals surface area contributed by atoms with Crippen LogP contribution in [0.2, 0.25) is 0 Å². The first-order valence-electron chi connectivity index (χ1n) is 2.57. The Morgan fingerprint density at radius 1 is 1.67 bits per heavy atom. The van der Waals surface area contributed by atoms with E-state index < -0.39 is 5.95 Å². The van der Waals surface area contributed by atoms with Crippen molar-refractivity contribution in [2.24, 2.45) is 0 Å². The Balaban J connectivity index is 3.07. The highest BCUT2D eigenvalue weighted by Gasteiger charge is 1.88. The lowest BCUT2D eigenvalue weighted by atomic mass is 10.3. The third-order valence-electron chi connectivity index (χ3n) is 0.986. The second-order valence-electron chi connectivity index (χ2n) is 1.62. The van der Waals surface area contributed by atoms with Gasteiger partial charge in [-0.3, -0.25) is 0 Å². The number of aromatic nitrogens is 1. The van der Waals surface area contributed by atoms with Gasteiger partial charge in [0.25, 0.3) is 0 Å². The summed E-state index contributed by atoms with van der Waals surface area (Å²) < 4.78 is 12.2. The van der Waals surface area contributed by atoms with Crippen LogP contribution in [0, 0.1) is 5.95 Å².